The third-order valence-electron chi connectivity index (χ3n) is 5.08. The van der Waals surface area contributed by atoms with Crippen molar-refractivity contribution in [3.05, 3.63) is 60.2 Å². The van der Waals surface area contributed by atoms with Gasteiger partial charge in [0, 0.05) is 18.7 Å². The predicted octanol–water partition coefficient (Wildman–Crippen LogP) is 4.29. The number of aliphatic imine (C=N–C) groups is 1. The van der Waals surface area contributed by atoms with Crippen molar-refractivity contribution in [2.75, 3.05) is 38.3 Å². The summed E-state index contributed by atoms with van der Waals surface area (Å²) in [6.07, 6.45) is 12.9. The summed E-state index contributed by atoms with van der Waals surface area (Å²) in [6.45, 7) is 8.56. The van der Waals surface area contributed by atoms with Crippen LogP contribution in [0.3, 0.4) is 0 Å². The summed E-state index contributed by atoms with van der Waals surface area (Å²) >= 11 is 0. The lowest BCUT2D eigenvalue weighted by Crippen LogP contribution is -2.20. The van der Waals surface area contributed by atoms with Crippen LogP contribution in [0, 0.1) is 17.8 Å². The molecular weight excluding hydrogens is 434 g/mol. The molecule has 0 bridgehead atoms. The quantitative estimate of drug-likeness (QED) is 0.256. The summed E-state index contributed by atoms with van der Waals surface area (Å²) in [5.41, 5.74) is 1.75. The molecule has 0 radical (unpaired) electrons. The summed E-state index contributed by atoms with van der Waals surface area (Å²) in [7, 11) is -0.989. The Morgan fingerprint density at radius 3 is 2.67 bits per heavy atom. The van der Waals surface area contributed by atoms with Crippen molar-refractivity contribution in [3.63, 3.8) is 0 Å². The van der Waals surface area contributed by atoms with Gasteiger partial charge in [-0.1, -0.05) is 55.4 Å². The van der Waals surface area contributed by atoms with Crippen molar-refractivity contribution in [3.8, 4) is 17.6 Å². The van der Waals surface area contributed by atoms with Crippen molar-refractivity contribution in [2.24, 2.45) is 10.9 Å². The molecule has 2 N–H and O–H groups in total. The molecule has 0 aliphatic heterocycles. The fraction of sp³-hybridized carbons (Fsp3) is 0.423. The van der Waals surface area contributed by atoms with E-state index >= 15 is 0 Å². The third-order valence-corrected chi connectivity index (χ3v) is 6.53. The lowest BCUT2D eigenvalue weighted by atomic mass is 9.95. The Balaban J connectivity index is 0.000000331. The van der Waals surface area contributed by atoms with E-state index in [1.807, 2.05) is 37.3 Å². The highest BCUT2D eigenvalue weighted by molar-refractivity contribution is 7.91. The molecule has 6 nitrogen and oxygen atoms in total. The van der Waals surface area contributed by atoms with E-state index in [0.29, 0.717) is 12.1 Å². The minimum Gasteiger partial charge on any atom is -0.506 e. The van der Waals surface area contributed by atoms with Crippen molar-refractivity contribution < 1.29 is 13.5 Å². The Bertz CT molecular complexity index is 1010. The zero-order chi connectivity index (χ0) is 24.7. The van der Waals surface area contributed by atoms with E-state index in [1.165, 1.54) is 6.26 Å². The number of rotatable bonds is 8. The van der Waals surface area contributed by atoms with Gasteiger partial charge in [-0.3, -0.25) is 4.99 Å². The molecule has 2 unspecified atom stereocenters. The van der Waals surface area contributed by atoms with E-state index in [1.54, 1.807) is 37.5 Å². The molecule has 0 amide bonds. The molecule has 7 heteroatoms. The van der Waals surface area contributed by atoms with Gasteiger partial charge in [0.05, 0.1) is 23.8 Å². The largest absolute Gasteiger partial charge is 0.506 e. The van der Waals surface area contributed by atoms with Gasteiger partial charge >= 0.3 is 0 Å². The first-order valence-corrected chi connectivity index (χ1v) is 13.0. The second-order valence-electron chi connectivity index (χ2n) is 7.69. The van der Waals surface area contributed by atoms with Crippen LogP contribution in [0.4, 0.5) is 5.69 Å². The van der Waals surface area contributed by atoms with Crippen molar-refractivity contribution >= 4 is 21.9 Å². The number of nitrogens with one attached hydrogen (secondary N) is 1. The SMILES string of the molecule is CC#CC1CC(S(C)(=O)=O)C=CC=C1/C=C\C.CCN(C)CCN=CNc1ccccc1O. The molecule has 0 saturated carbocycles. The van der Waals surface area contributed by atoms with Gasteiger partial charge in [-0.25, -0.2) is 8.42 Å². The number of phenolic OH excluding ortho intramolecular Hbond substituents is 1. The van der Waals surface area contributed by atoms with Crippen LogP contribution < -0.4 is 5.32 Å². The Kier molecular flexibility index (Phi) is 12.9. The van der Waals surface area contributed by atoms with Gasteiger partial charge in [0.25, 0.3) is 0 Å². The number of benzene rings is 1. The number of aromatic hydroxyl groups is 1. The van der Waals surface area contributed by atoms with E-state index in [0.717, 1.165) is 25.2 Å². The van der Waals surface area contributed by atoms with E-state index in [-0.39, 0.29) is 11.7 Å². The predicted molar refractivity (Wildman–Crippen MR) is 140 cm³/mol. The second kappa shape index (κ2) is 15.1. The fourth-order valence-electron chi connectivity index (χ4n) is 3.01. The molecule has 1 aliphatic rings. The van der Waals surface area contributed by atoms with E-state index < -0.39 is 15.1 Å². The van der Waals surface area contributed by atoms with Crippen molar-refractivity contribution in [1.29, 1.82) is 0 Å². The Labute approximate surface area is 199 Å². The molecule has 1 aromatic rings. The van der Waals surface area contributed by atoms with Gasteiger partial charge in [0.15, 0.2) is 9.84 Å². The average molecular weight is 472 g/mol. The van der Waals surface area contributed by atoms with Crippen LogP contribution in [0.1, 0.15) is 27.2 Å². The lowest BCUT2D eigenvalue weighted by Gasteiger charge is -2.15. The molecule has 33 heavy (non-hydrogen) atoms. The van der Waals surface area contributed by atoms with Gasteiger partial charge in [0.2, 0.25) is 0 Å². The molecule has 0 spiro atoms. The number of hydrogen-bond donors (Lipinski definition) is 2. The zero-order valence-corrected chi connectivity index (χ0v) is 21.1. The maximum Gasteiger partial charge on any atom is 0.153 e. The van der Waals surface area contributed by atoms with Gasteiger partial charge in [-0.2, -0.15) is 0 Å². The summed E-state index contributed by atoms with van der Waals surface area (Å²) < 4.78 is 23.2. The Morgan fingerprint density at radius 1 is 1.33 bits per heavy atom. The van der Waals surface area contributed by atoms with E-state index in [9.17, 15) is 13.5 Å². The summed E-state index contributed by atoms with van der Waals surface area (Å²) in [4.78, 5) is 6.40. The monoisotopic (exact) mass is 471 g/mol. The summed E-state index contributed by atoms with van der Waals surface area (Å²) in [6, 6.07) is 7.09. The highest BCUT2D eigenvalue weighted by atomic mass is 32.2. The van der Waals surface area contributed by atoms with Crippen LogP contribution in [0.5, 0.6) is 5.75 Å². The second-order valence-corrected chi connectivity index (χ2v) is 9.96. The molecule has 2 rings (SSSR count). The van der Waals surface area contributed by atoms with Crippen LogP contribution in [-0.2, 0) is 9.84 Å². The van der Waals surface area contributed by atoms with Gasteiger partial charge in [-0.05, 0) is 51.6 Å². The van der Waals surface area contributed by atoms with E-state index in [2.05, 4.69) is 41.0 Å². The highest BCUT2D eigenvalue weighted by Gasteiger charge is 2.24. The third kappa shape index (κ3) is 11.0. The number of sulfone groups is 1. The molecule has 2 atom stereocenters. The summed E-state index contributed by atoms with van der Waals surface area (Å²) in [5, 5.41) is 12.0. The van der Waals surface area contributed by atoms with Gasteiger partial charge in [0.1, 0.15) is 5.75 Å². The number of phenols is 1. The van der Waals surface area contributed by atoms with Crippen molar-refractivity contribution in [2.45, 2.75) is 32.4 Å². The number of nitrogens with zero attached hydrogens (tertiary/aromatic N) is 2. The van der Waals surface area contributed by atoms with Crippen LogP contribution >= 0.6 is 0 Å². The average Bonchev–Trinajstić information content (AvgIpc) is 2.98. The topological polar surface area (TPSA) is 82.0 Å². The fourth-order valence-corrected chi connectivity index (χ4v) is 3.93. The molecular formula is C26H37N3O3S. The Hall–Kier alpha value is -2.82. The molecule has 0 aromatic heterocycles. The van der Waals surface area contributed by atoms with Gasteiger partial charge in [-0.15, -0.1) is 5.92 Å². The summed E-state index contributed by atoms with van der Waals surface area (Å²) in [5.74, 6) is 6.19. The standard InChI is InChI=1S/C14H18O2S.C12H19N3O/c1-4-7-12-9-6-10-14(17(3,15)16)11-13(12)8-5-2;1-3-15(2)9-8-13-10-14-11-6-4-5-7-12(11)16/h4,6-7,9-10,13-14H,11H2,1-3H3;4-7,10,16H,3,8-9H2,1-2H3,(H,13,14)/b7-4-;. The normalized spacial score (nSPS) is 18.3. The number of likely N-dealkylation sites (N-methyl/N-ethyl adjacent to an activating group) is 1. The molecule has 0 heterocycles. The highest BCUT2D eigenvalue weighted by Crippen LogP contribution is 2.25. The zero-order valence-electron chi connectivity index (χ0n) is 20.3. The first-order chi connectivity index (χ1) is 15.7. The molecule has 1 aliphatic carbocycles. The number of anilines is 1. The van der Waals surface area contributed by atoms with E-state index in [4.69, 9.17) is 0 Å². The number of para-hydroxylation sites is 2. The number of allylic oxidation sites excluding steroid dienone is 5. The minimum atomic E-state index is -3.05. The number of hydrogen-bond acceptors (Lipinski definition) is 5. The van der Waals surface area contributed by atoms with Crippen LogP contribution in [0.25, 0.3) is 0 Å². The van der Waals surface area contributed by atoms with Crippen LogP contribution in [-0.4, -0.2) is 63.0 Å². The Morgan fingerprint density at radius 2 is 2.06 bits per heavy atom. The smallest absolute Gasteiger partial charge is 0.153 e. The maximum atomic E-state index is 11.6. The first-order valence-electron chi connectivity index (χ1n) is 11.1. The molecule has 1 aromatic carbocycles. The molecule has 180 valence electrons. The molecule has 0 saturated heterocycles. The van der Waals surface area contributed by atoms with Crippen LogP contribution in [0.15, 0.2) is 65.2 Å². The van der Waals surface area contributed by atoms with Crippen LogP contribution in [0.2, 0.25) is 0 Å². The lowest BCUT2D eigenvalue weighted by molar-refractivity contribution is 0.363. The maximum absolute atomic E-state index is 11.6. The minimum absolute atomic E-state index is 0.00840. The molecule has 0 fully saturated rings. The van der Waals surface area contributed by atoms with Gasteiger partial charge < -0.3 is 15.3 Å². The first kappa shape index (κ1) is 28.2. The van der Waals surface area contributed by atoms with Crippen molar-refractivity contribution in [1.82, 2.24) is 4.90 Å².